The molecule has 4 fully saturated rings. The summed E-state index contributed by atoms with van der Waals surface area (Å²) < 4.78 is 0. The highest BCUT2D eigenvalue weighted by Gasteiger charge is 2.40. The van der Waals surface area contributed by atoms with E-state index < -0.39 is 0 Å². The van der Waals surface area contributed by atoms with Crippen LogP contribution in [0.4, 0.5) is 0 Å². The van der Waals surface area contributed by atoms with E-state index in [0.29, 0.717) is 17.3 Å². The molecule has 0 heterocycles. The lowest BCUT2D eigenvalue weighted by molar-refractivity contribution is 0.0526. The monoisotopic (exact) mass is 566 g/mol. The second-order valence-electron chi connectivity index (χ2n) is 13.6. The van der Waals surface area contributed by atoms with E-state index >= 15 is 0 Å². The number of rotatable bonds is 9. The highest BCUT2D eigenvalue weighted by Crippen LogP contribution is 2.48. The average Bonchev–Trinajstić information content (AvgIpc) is 2.99. The Hall–Kier alpha value is -2.48. The van der Waals surface area contributed by atoms with Crippen LogP contribution in [0.1, 0.15) is 129 Å². The first-order valence-electron chi connectivity index (χ1n) is 16.2. The van der Waals surface area contributed by atoms with Crippen LogP contribution in [0.5, 0.6) is 0 Å². The van der Waals surface area contributed by atoms with Gasteiger partial charge in [-0.1, -0.05) is 26.7 Å². The molecule has 4 saturated carbocycles. The van der Waals surface area contributed by atoms with Crippen molar-refractivity contribution >= 4 is 24.3 Å². The van der Waals surface area contributed by atoms with Crippen molar-refractivity contribution in [2.75, 3.05) is 0 Å². The molecule has 0 spiro atoms. The van der Waals surface area contributed by atoms with Gasteiger partial charge in [0.25, 0.3) is 0 Å². The zero-order valence-electron chi connectivity index (χ0n) is 25.3. The topological polar surface area (TPSA) is 118 Å². The van der Waals surface area contributed by atoms with Gasteiger partial charge in [0, 0.05) is 0 Å². The number of aliphatic imine (C=N–C) groups is 4. The van der Waals surface area contributed by atoms with Crippen LogP contribution in [-0.2, 0) is 19.2 Å². The molecule has 0 aliphatic heterocycles. The van der Waals surface area contributed by atoms with E-state index in [-0.39, 0.29) is 24.2 Å². The fourth-order valence-electron chi connectivity index (χ4n) is 8.13. The Labute approximate surface area is 246 Å². The Bertz CT molecular complexity index is 895. The van der Waals surface area contributed by atoms with Crippen LogP contribution < -0.4 is 0 Å². The van der Waals surface area contributed by atoms with E-state index in [2.05, 4.69) is 33.8 Å². The summed E-state index contributed by atoms with van der Waals surface area (Å²) in [6.07, 6.45) is 27.2. The van der Waals surface area contributed by atoms with Crippen molar-refractivity contribution in [2.24, 2.45) is 49.1 Å². The largest absolute Gasteiger partial charge is 0.235 e. The lowest BCUT2D eigenvalue weighted by Crippen LogP contribution is -2.38. The molecule has 0 aromatic heterocycles. The van der Waals surface area contributed by atoms with Gasteiger partial charge >= 0.3 is 0 Å². The summed E-state index contributed by atoms with van der Waals surface area (Å²) in [6.45, 7) is 4.80. The Morgan fingerprint density at radius 2 is 0.683 bits per heavy atom. The predicted molar refractivity (Wildman–Crippen MR) is 158 cm³/mol. The average molecular weight is 567 g/mol. The number of hydrogen-bond donors (Lipinski definition) is 0. The maximum absolute atomic E-state index is 10.4. The zero-order chi connectivity index (χ0) is 29.5. The quantitative estimate of drug-likeness (QED) is 0.214. The van der Waals surface area contributed by atoms with Gasteiger partial charge in [-0.25, -0.2) is 39.1 Å². The molecule has 4 aliphatic rings. The summed E-state index contributed by atoms with van der Waals surface area (Å²) >= 11 is 0. The third kappa shape index (κ3) is 10.7. The summed E-state index contributed by atoms with van der Waals surface area (Å²) in [4.78, 5) is 56.7. The normalized spacial score (nSPS) is 33.7. The van der Waals surface area contributed by atoms with Crippen LogP contribution in [-0.4, -0.2) is 48.5 Å². The minimum atomic E-state index is 0.201. The van der Waals surface area contributed by atoms with Crippen LogP contribution in [0, 0.1) is 29.1 Å². The number of isocyanates is 4. The zero-order valence-corrected chi connectivity index (χ0v) is 25.3. The summed E-state index contributed by atoms with van der Waals surface area (Å²) in [6, 6.07) is 0.875. The first-order chi connectivity index (χ1) is 19.9. The molecule has 4 rings (SSSR count). The third-order valence-electron chi connectivity index (χ3n) is 11.1. The Kier molecular flexibility index (Phi) is 14.1. The van der Waals surface area contributed by atoms with E-state index in [1.165, 1.54) is 38.5 Å². The van der Waals surface area contributed by atoms with Crippen molar-refractivity contribution < 1.29 is 19.2 Å². The molecule has 4 aliphatic carbocycles. The van der Waals surface area contributed by atoms with Gasteiger partial charge in [-0.05, 0) is 132 Å². The Morgan fingerprint density at radius 1 is 0.439 bits per heavy atom. The molecule has 0 saturated heterocycles. The van der Waals surface area contributed by atoms with E-state index in [9.17, 15) is 19.2 Å². The molecule has 8 heteroatoms. The van der Waals surface area contributed by atoms with Gasteiger partial charge < -0.3 is 0 Å². The van der Waals surface area contributed by atoms with Crippen molar-refractivity contribution in [3.63, 3.8) is 0 Å². The molecule has 0 radical (unpaired) electrons. The Balaban J connectivity index is 0.000000226. The highest BCUT2D eigenvalue weighted by molar-refractivity contribution is 5.34. The van der Waals surface area contributed by atoms with Crippen molar-refractivity contribution in [1.29, 1.82) is 0 Å². The van der Waals surface area contributed by atoms with E-state index in [1.54, 1.807) is 24.3 Å². The molecule has 41 heavy (non-hydrogen) atoms. The molecule has 0 amide bonds. The Morgan fingerprint density at radius 3 is 0.927 bits per heavy atom. The minimum Gasteiger partial charge on any atom is -0.211 e. The molecule has 0 aromatic carbocycles. The molecular formula is C33H50N4O4. The van der Waals surface area contributed by atoms with Gasteiger partial charge in [-0.15, -0.1) is 0 Å². The highest BCUT2D eigenvalue weighted by atomic mass is 16.1. The van der Waals surface area contributed by atoms with Crippen LogP contribution in [0.25, 0.3) is 0 Å². The van der Waals surface area contributed by atoms with E-state index in [4.69, 9.17) is 0 Å². The number of carbonyl (C=O) groups excluding carboxylic acids is 4. The summed E-state index contributed by atoms with van der Waals surface area (Å²) in [7, 11) is 0. The molecule has 0 bridgehead atoms. The standard InChI is InChI=1S/C17H26N2O2.C16H24N2O2/c1-17(2,13-3-7-15(8-4-13)18-11-20)14-5-9-16(10-6-14)19-12-21;19-11-17-15-7-3-13(4-8-15)1-2-14-5-9-16(10-6-14)18-12-20/h13-16H,3-10H2,1-2H3;13-16H,1-10H2. The van der Waals surface area contributed by atoms with Crippen LogP contribution in [0.3, 0.4) is 0 Å². The van der Waals surface area contributed by atoms with Crippen molar-refractivity contribution in [3.8, 4) is 0 Å². The molecule has 226 valence electrons. The SMILES string of the molecule is CC(C)(C1CCC(N=C=O)CC1)C1CCC(N=C=O)CC1.O=C=NC1CCC(CCC2CCC(N=C=O)CC2)CC1. The first kappa shape index (κ1) is 33.0. The van der Waals surface area contributed by atoms with E-state index in [0.717, 1.165) is 88.9 Å². The van der Waals surface area contributed by atoms with Crippen LogP contribution in [0.15, 0.2) is 20.0 Å². The van der Waals surface area contributed by atoms with Gasteiger partial charge in [0.15, 0.2) is 0 Å². The molecule has 0 unspecified atom stereocenters. The second kappa shape index (κ2) is 17.5. The van der Waals surface area contributed by atoms with Crippen molar-refractivity contribution in [1.82, 2.24) is 0 Å². The fraction of sp³-hybridized carbons (Fsp3) is 0.879. The van der Waals surface area contributed by atoms with Crippen LogP contribution >= 0.6 is 0 Å². The fourth-order valence-corrected chi connectivity index (χ4v) is 8.13. The predicted octanol–water partition coefficient (Wildman–Crippen LogP) is 7.36. The molecular weight excluding hydrogens is 516 g/mol. The van der Waals surface area contributed by atoms with Crippen LogP contribution in [0.2, 0.25) is 0 Å². The maximum atomic E-state index is 10.4. The summed E-state index contributed by atoms with van der Waals surface area (Å²) in [5.41, 5.74) is 0.325. The summed E-state index contributed by atoms with van der Waals surface area (Å²) in [5.74, 6) is 3.07. The lowest BCUT2D eigenvalue weighted by Gasteiger charge is -2.46. The van der Waals surface area contributed by atoms with Gasteiger partial charge in [-0.2, -0.15) is 0 Å². The summed E-state index contributed by atoms with van der Waals surface area (Å²) in [5, 5.41) is 0. The lowest BCUT2D eigenvalue weighted by atomic mass is 9.60. The van der Waals surface area contributed by atoms with E-state index in [1.807, 2.05) is 0 Å². The minimum absolute atomic E-state index is 0.201. The molecule has 8 nitrogen and oxygen atoms in total. The van der Waals surface area contributed by atoms with Gasteiger partial charge in [0.2, 0.25) is 24.3 Å². The number of nitrogens with zero attached hydrogens (tertiary/aromatic N) is 4. The number of hydrogen-bond acceptors (Lipinski definition) is 8. The van der Waals surface area contributed by atoms with Gasteiger partial charge in [0.1, 0.15) is 0 Å². The molecule has 0 aromatic rings. The van der Waals surface area contributed by atoms with Crippen molar-refractivity contribution in [3.05, 3.63) is 0 Å². The first-order valence-corrected chi connectivity index (χ1v) is 16.2. The smallest absolute Gasteiger partial charge is 0.211 e. The third-order valence-corrected chi connectivity index (χ3v) is 11.1. The van der Waals surface area contributed by atoms with Gasteiger partial charge in [-0.3, -0.25) is 0 Å². The van der Waals surface area contributed by atoms with Crippen molar-refractivity contribution in [2.45, 2.75) is 154 Å². The molecule has 0 N–H and O–H groups in total. The molecule has 0 atom stereocenters. The van der Waals surface area contributed by atoms with Gasteiger partial charge in [0.05, 0.1) is 24.2 Å². The second-order valence-corrected chi connectivity index (χ2v) is 13.6. The maximum Gasteiger partial charge on any atom is 0.235 e.